The van der Waals surface area contributed by atoms with Crippen molar-refractivity contribution in [2.24, 2.45) is 0 Å². The third-order valence-corrected chi connectivity index (χ3v) is 6.16. The predicted molar refractivity (Wildman–Crippen MR) is 110 cm³/mol. The third-order valence-electron chi connectivity index (χ3n) is 4.59. The summed E-state index contributed by atoms with van der Waals surface area (Å²) in [5.41, 5.74) is 1.54. The zero-order chi connectivity index (χ0) is 19.9. The number of pyridine rings is 1. The summed E-state index contributed by atoms with van der Waals surface area (Å²) in [6, 6.07) is 15.4. The van der Waals surface area contributed by atoms with Crippen molar-refractivity contribution in [1.82, 2.24) is 4.57 Å². The standard InChI is InChI=1S/C21H17ClF2N2OS/c1-21(23,24)15-6-4-5-14(20(15)22)17-11-13(27)9-10-26(17)12-19-25-16-7-2-3-8-18(16)28-19/h2-11,19,25H,12H2,1H3. The van der Waals surface area contributed by atoms with Gasteiger partial charge in [-0.1, -0.05) is 53.7 Å². The molecule has 3 nitrogen and oxygen atoms in total. The highest BCUT2D eigenvalue weighted by atomic mass is 35.5. The first-order valence-corrected chi connectivity index (χ1v) is 9.98. The summed E-state index contributed by atoms with van der Waals surface area (Å²) in [6.45, 7) is 1.35. The van der Waals surface area contributed by atoms with Gasteiger partial charge in [-0.15, -0.1) is 0 Å². The van der Waals surface area contributed by atoms with Crippen molar-refractivity contribution in [2.45, 2.75) is 29.7 Å². The van der Waals surface area contributed by atoms with Gasteiger partial charge in [0.25, 0.3) is 5.92 Å². The molecule has 0 aliphatic carbocycles. The van der Waals surface area contributed by atoms with E-state index in [4.69, 9.17) is 11.6 Å². The summed E-state index contributed by atoms with van der Waals surface area (Å²) in [4.78, 5) is 13.2. The van der Waals surface area contributed by atoms with Gasteiger partial charge in [0.2, 0.25) is 0 Å². The van der Waals surface area contributed by atoms with Crippen LogP contribution in [0.3, 0.4) is 0 Å². The number of hydrogen-bond acceptors (Lipinski definition) is 3. The molecule has 2 heterocycles. The summed E-state index contributed by atoms with van der Waals surface area (Å²) >= 11 is 8.01. The lowest BCUT2D eigenvalue weighted by Crippen LogP contribution is -2.21. The third kappa shape index (κ3) is 3.66. The number of nitrogens with zero attached hydrogens (tertiary/aromatic N) is 1. The first-order valence-electron chi connectivity index (χ1n) is 8.73. The zero-order valence-electron chi connectivity index (χ0n) is 15.0. The van der Waals surface area contributed by atoms with Crippen LogP contribution in [0.5, 0.6) is 0 Å². The number of nitrogens with one attached hydrogen (secondary N) is 1. The number of benzene rings is 2. The summed E-state index contributed by atoms with van der Waals surface area (Å²) in [7, 11) is 0. The van der Waals surface area contributed by atoms with E-state index in [2.05, 4.69) is 5.32 Å². The molecule has 1 atom stereocenters. The number of fused-ring (bicyclic) bond motifs is 1. The molecule has 0 radical (unpaired) electrons. The first-order chi connectivity index (χ1) is 13.3. The molecule has 144 valence electrons. The van der Waals surface area contributed by atoms with Crippen molar-refractivity contribution in [2.75, 3.05) is 5.32 Å². The highest BCUT2D eigenvalue weighted by Crippen LogP contribution is 2.40. The van der Waals surface area contributed by atoms with E-state index in [0.29, 0.717) is 17.8 Å². The molecule has 1 aliphatic heterocycles. The first kappa shape index (κ1) is 19.0. The summed E-state index contributed by atoms with van der Waals surface area (Å²) in [5.74, 6) is -3.07. The van der Waals surface area contributed by atoms with E-state index < -0.39 is 5.92 Å². The minimum absolute atomic E-state index is 0.0373. The average molecular weight is 419 g/mol. The van der Waals surface area contributed by atoms with E-state index in [-0.39, 0.29) is 21.4 Å². The Labute approximate surface area is 170 Å². The molecule has 0 amide bonds. The van der Waals surface area contributed by atoms with Gasteiger partial charge in [0.1, 0.15) is 0 Å². The van der Waals surface area contributed by atoms with Crippen molar-refractivity contribution in [3.8, 4) is 11.3 Å². The van der Waals surface area contributed by atoms with Crippen LogP contribution in [0.1, 0.15) is 12.5 Å². The Hall–Kier alpha value is -2.31. The van der Waals surface area contributed by atoms with Crippen LogP contribution >= 0.6 is 23.4 Å². The van der Waals surface area contributed by atoms with Gasteiger partial charge in [0, 0.05) is 47.0 Å². The van der Waals surface area contributed by atoms with E-state index in [1.54, 1.807) is 24.0 Å². The number of thioether (sulfide) groups is 1. The van der Waals surface area contributed by atoms with Crippen molar-refractivity contribution in [3.05, 3.63) is 81.6 Å². The quantitative estimate of drug-likeness (QED) is 0.579. The Balaban J connectivity index is 1.72. The molecule has 1 aliphatic rings. The lowest BCUT2D eigenvalue weighted by molar-refractivity contribution is 0.0176. The topological polar surface area (TPSA) is 34.0 Å². The zero-order valence-corrected chi connectivity index (χ0v) is 16.5. The van der Waals surface area contributed by atoms with E-state index in [9.17, 15) is 13.6 Å². The fourth-order valence-electron chi connectivity index (χ4n) is 3.28. The maximum atomic E-state index is 13.9. The SMILES string of the molecule is CC(F)(F)c1cccc(-c2cc(=O)ccn2CC2Nc3ccccc3S2)c1Cl. The van der Waals surface area contributed by atoms with Crippen molar-refractivity contribution >= 4 is 29.1 Å². The molecule has 1 N–H and O–H groups in total. The Morgan fingerprint density at radius 3 is 2.71 bits per heavy atom. The summed E-state index contributed by atoms with van der Waals surface area (Å²) in [6.07, 6.45) is 1.68. The fourth-order valence-corrected chi connectivity index (χ4v) is 4.80. The molecule has 0 bridgehead atoms. The van der Waals surface area contributed by atoms with Gasteiger partial charge < -0.3 is 9.88 Å². The Bertz CT molecular complexity index is 1070. The second kappa shape index (κ2) is 7.26. The molecule has 0 saturated carbocycles. The molecule has 28 heavy (non-hydrogen) atoms. The summed E-state index contributed by atoms with van der Waals surface area (Å²) < 4.78 is 29.7. The van der Waals surface area contributed by atoms with Gasteiger partial charge in [-0.25, -0.2) is 8.78 Å². The molecule has 0 fully saturated rings. The van der Waals surface area contributed by atoms with Gasteiger partial charge in [-0.05, 0) is 12.1 Å². The van der Waals surface area contributed by atoms with Crippen LogP contribution in [0.25, 0.3) is 11.3 Å². The second-order valence-corrected chi connectivity index (χ2v) is 8.33. The fraction of sp³-hybridized carbons (Fsp3) is 0.190. The van der Waals surface area contributed by atoms with Gasteiger partial charge in [0.15, 0.2) is 5.43 Å². The number of alkyl halides is 2. The smallest absolute Gasteiger partial charge is 0.271 e. The van der Waals surface area contributed by atoms with E-state index in [0.717, 1.165) is 17.5 Å². The molecule has 4 rings (SSSR count). The maximum Gasteiger partial charge on any atom is 0.271 e. The lowest BCUT2D eigenvalue weighted by atomic mass is 10.0. The van der Waals surface area contributed by atoms with E-state index in [1.807, 2.05) is 28.8 Å². The molecule has 1 aromatic heterocycles. The van der Waals surface area contributed by atoms with Crippen LogP contribution in [0.4, 0.5) is 14.5 Å². The Morgan fingerprint density at radius 1 is 1.18 bits per heavy atom. The molecule has 2 aromatic carbocycles. The van der Waals surface area contributed by atoms with Crippen molar-refractivity contribution < 1.29 is 8.78 Å². The number of rotatable bonds is 4. The van der Waals surface area contributed by atoms with Gasteiger partial charge in [0.05, 0.1) is 22.6 Å². The van der Waals surface area contributed by atoms with E-state index in [1.165, 1.54) is 24.3 Å². The minimum atomic E-state index is -3.07. The van der Waals surface area contributed by atoms with Crippen LogP contribution in [0, 0.1) is 0 Å². The summed E-state index contributed by atoms with van der Waals surface area (Å²) in [5, 5.41) is 3.45. The van der Waals surface area contributed by atoms with Crippen LogP contribution in [0.15, 0.2) is 70.5 Å². The highest BCUT2D eigenvalue weighted by molar-refractivity contribution is 8.00. The molecule has 3 aromatic rings. The Kier molecular flexibility index (Phi) is 4.93. The largest absolute Gasteiger partial charge is 0.370 e. The van der Waals surface area contributed by atoms with Crippen LogP contribution in [-0.2, 0) is 12.5 Å². The second-order valence-electron chi connectivity index (χ2n) is 6.70. The minimum Gasteiger partial charge on any atom is -0.370 e. The lowest BCUT2D eigenvalue weighted by Gasteiger charge is -2.20. The van der Waals surface area contributed by atoms with Crippen molar-refractivity contribution in [3.63, 3.8) is 0 Å². The molecular formula is C21H17ClF2N2OS. The molecular weight excluding hydrogens is 402 g/mol. The average Bonchev–Trinajstić information content (AvgIpc) is 3.05. The van der Waals surface area contributed by atoms with Crippen LogP contribution in [-0.4, -0.2) is 9.94 Å². The number of halogens is 3. The molecule has 7 heteroatoms. The van der Waals surface area contributed by atoms with Gasteiger partial charge in [-0.2, -0.15) is 0 Å². The van der Waals surface area contributed by atoms with Gasteiger partial charge >= 0.3 is 0 Å². The highest BCUT2D eigenvalue weighted by Gasteiger charge is 2.29. The number of anilines is 1. The molecule has 0 saturated heterocycles. The maximum absolute atomic E-state index is 13.9. The molecule has 0 spiro atoms. The molecule has 1 unspecified atom stereocenters. The number of para-hydroxylation sites is 1. The van der Waals surface area contributed by atoms with E-state index >= 15 is 0 Å². The van der Waals surface area contributed by atoms with Crippen LogP contribution < -0.4 is 10.7 Å². The van der Waals surface area contributed by atoms with Gasteiger partial charge in [-0.3, -0.25) is 4.79 Å². The monoisotopic (exact) mass is 418 g/mol. The number of aromatic nitrogens is 1. The predicted octanol–water partition coefficient (Wildman–Crippen LogP) is 5.82. The van der Waals surface area contributed by atoms with Crippen LogP contribution in [0.2, 0.25) is 5.02 Å². The normalized spacial score (nSPS) is 15.9. The Morgan fingerprint density at radius 2 is 1.96 bits per heavy atom. The number of hydrogen-bond donors (Lipinski definition) is 1. The van der Waals surface area contributed by atoms with Crippen molar-refractivity contribution in [1.29, 1.82) is 0 Å².